The predicted octanol–water partition coefficient (Wildman–Crippen LogP) is 4.96. The lowest BCUT2D eigenvalue weighted by Crippen LogP contribution is -2.47. The summed E-state index contributed by atoms with van der Waals surface area (Å²) >= 11 is 0. The summed E-state index contributed by atoms with van der Waals surface area (Å²) in [5.74, 6) is -1.32. The number of carbonyl (C=O) groups is 2. The third-order valence-corrected chi connectivity index (χ3v) is 6.01. The van der Waals surface area contributed by atoms with E-state index >= 15 is 0 Å². The Hall–Kier alpha value is -0.770. The van der Waals surface area contributed by atoms with Crippen molar-refractivity contribution in [3.05, 3.63) is 12.2 Å². The Balaban J connectivity index is 3.48. The Bertz CT molecular complexity index is 428. The second-order valence-corrected chi connectivity index (χ2v) is 9.02. The molecular weight excluding hydrogens is 361 g/mol. The monoisotopic (exact) mass is 401 g/mol. The third kappa shape index (κ3) is 14.9. The van der Waals surface area contributed by atoms with Crippen molar-refractivity contribution >= 4 is 20.1 Å². The average molecular weight is 402 g/mol. The number of hydrogen-bond donors (Lipinski definition) is 3. The molecule has 0 aliphatic heterocycles. The Morgan fingerprint density at radius 3 is 1.85 bits per heavy atom. The van der Waals surface area contributed by atoms with Crippen molar-refractivity contribution in [1.29, 1.82) is 0 Å². The molecule has 2 unspecified atom stereocenters. The van der Waals surface area contributed by atoms with Gasteiger partial charge in [-0.3, -0.25) is 4.79 Å². The molecule has 0 saturated carbocycles. The number of carboxylic acid groups (broad SMARTS) is 1. The van der Waals surface area contributed by atoms with Crippen LogP contribution in [0.4, 0.5) is 0 Å². The minimum absolute atomic E-state index is 0.161. The fourth-order valence-electron chi connectivity index (χ4n) is 2.83. The number of rotatable bonds is 19. The molecule has 5 nitrogen and oxygen atoms in total. The molecule has 0 aromatic rings. The van der Waals surface area contributed by atoms with E-state index in [1.54, 1.807) is 0 Å². The van der Waals surface area contributed by atoms with Gasteiger partial charge in [0.2, 0.25) is 0 Å². The molecule has 158 valence electrons. The summed E-state index contributed by atoms with van der Waals surface area (Å²) in [6.07, 6.45) is 20.5. The van der Waals surface area contributed by atoms with Crippen LogP contribution in [0.3, 0.4) is 0 Å². The fraction of sp³-hybridized carbons (Fsp3) is 0.810. The molecule has 0 heterocycles. The first-order valence-corrected chi connectivity index (χ1v) is 11.6. The molecule has 0 aliphatic carbocycles. The zero-order chi connectivity index (χ0) is 20.4. The predicted molar refractivity (Wildman–Crippen MR) is 114 cm³/mol. The molecule has 4 N–H and O–H groups in total. The molecule has 6 heteroatoms. The van der Waals surface area contributed by atoms with E-state index in [1.807, 2.05) is 0 Å². The SMILES string of the molecule is CCCCCCCC/C=C\CCCCCCCC(=O)PC(N)(CO)C(=O)O. The van der Waals surface area contributed by atoms with Crippen LogP contribution in [-0.4, -0.2) is 33.6 Å². The van der Waals surface area contributed by atoms with Crippen molar-refractivity contribution in [3.8, 4) is 0 Å². The van der Waals surface area contributed by atoms with Crippen LogP contribution < -0.4 is 5.73 Å². The maximum absolute atomic E-state index is 11.8. The zero-order valence-corrected chi connectivity index (χ0v) is 18.0. The molecule has 0 saturated heterocycles. The Morgan fingerprint density at radius 2 is 1.37 bits per heavy atom. The minimum atomic E-state index is -1.81. The molecular formula is C21H40NO4P. The van der Waals surface area contributed by atoms with Gasteiger partial charge < -0.3 is 15.9 Å². The van der Waals surface area contributed by atoms with Gasteiger partial charge >= 0.3 is 5.97 Å². The van der Waals surface area contributed by atoms with Crippen molar-refractivity contribution in [3.63, 3.8) is 0 Å². The molecule has 0 fully saturated rings. The van der Waals surface area contributed by atoms with Gasteiger partial charge in [-0.25, -0.2) is 4.79 Å². The topological polar surface area (TPSA) is 101 Å². The molecule has 0 radical (unpaired) electrons. The number of hydrogen-bond acceptors (Lipinski definition) is 4. The minimum Gasteiger partial charge on any atom is -0.480 e. The fourth-order valence-corrected chi connectivity index (χ4v) is 3.81. The van der Waals surface area contributed by atoms with E-state index in [0.29, 0.717) is 6.42 Å². The second-order valence-electron chi connectivity index (χ2n) is 7.32. The first kappa shape index (κ1) is 26.2. The van der Waals surface area contributed by atoms with Gasteiger partial charge in [0.1, 0.15) is 0 Å². The summed E-state index contributed by atoms with van der Waals surface area (Å²) < 4.78 is 0. The van der Waals surface area contributed by atoms with E-state index in [2.05, 4.69) is 19.1 Å². The van der Waals surface area contributed by atoms with Crippen LogP contribution in [0, 0.1) is 0 Å². The highest BCUT2D eigenvalue weighted by Crippen LogP contribution is 2.29. The summed E-state index contributed by atoms with van der Waals surface area (Å²) in [6.45, 7) is 1.53. The molecule has 0 amide bonds. The summed E-state index contributed by atoms with van der Waals surface area (Å²) in [7, 11) is -0.578. The molecule has 0 aliphatic rings. The van der Waals surface area contributed by atoms with E-state index in [1.165, 1.54) is 51.4 Å². The van der Waals surface area contributed by atoms with Crippen molar-refractivity contribution in [2.24, 2.45) is 5.73 Å². The Kier molecular flexibility index (Phi) is 16.8. The van der Waals surface area contributed by atoms with Gasteiger partial charge in [-0.15, -0.1) is 0 Å². The normalized spacial score (nSPS) is 14.2. The first-order chi connectivity index (χ1) is 13.0. The lowest BCUT2D eigenvalue weighted by atomic mass is 10.1. The first-order valence-electron chi connectivity index (χ1n) is 10.6. The van der Waals surface area contributed by atoms with Gasteiger partial charge in [0.15, 0.2) is 10.8 Å². The highest BCUT2D eigenvalue weighted by Gasteiger charge is 2.35. The van der Waals surface area contributed by atoms with Crippen LogP contribution in [0.15, 0.2) is 12.2 Å². The molecule has 27 heavy (non-hydrogen) atoms. The highest BCUT2D eigenvalue weighted by molar-refractivity contribution is 7.60. The molecule has 2 atom stereocenters. The zero-order valence-electron chi connectivity index (χ0n) is 17.0. The Morgan fingerprint density at radius 1 is 0.889 bits per heavy atom. The van der Waals surface area contributed by atoms with E-state index < -0.39 is 26.4 Å². The smallest absolute Gasteiger partial charge is 0.330 e. The number of carboxylic acids is 1. The van der Waals surface area contributed by atoms with Crippen LogP contribution in [-0.2, 0) is 9.59 Å². The number of unbranched alkanes of at least 4 members (excludes halogenated alkanes) is 11. The number of allylic oxidation sites excluding steroid dienone is 2. The summed E-state index contributed by atoms with van der Waals surface area (Å²) in [5, 5.41) is 16.2. The van der Waals surface area contributed by atoms with Crippen LogP contribution in [0.5, 0.6) is 0 Å². The Labute approximate surface area is 167 Å². The molecule has 0 rings (SSSR count). The van der Waals surface area contributed by atoms with Gasteiger partial charge in [0.25, 0.3) is 0 Å². The van der Waals surface area contributed by atoms with Gasteiger partial charge in [0.05, 0.1) is 6.61 Å². The van der Waals surface area contributed by atoms with E-state index in [0.717, 1.165) is 32.1 Å². The van der Waals surface area contributed by atoms with Gasteiger partial charge in [-0.1, -0.05) is 70.4 Å². The van der Waals surface area contributed by atoms with E-state index in [4.69, 9.17) is 15.9 Å². The van der Waals surface area contributed by atoms with E-state index in [9.17, 15) is 9.59 Å². The molecule has 0 aromatic carbocycles. The maximum atomic E-state index is 11.8. The van der Waals surface area contributed by atoms with Crippen molar-refractivity contribution in [2.75, 3.05) is 6.61 Å². The van der Waals surface area contributed by atoms with Crippen LogP contribution in [0.1, 0.15) is 96.8 Å². The van der Waals surface area contributed by atoms with Gasteiger partial charge in [0, 0.05) is 6.42 Å². The lowest BCUT2D eigenvalue weighted by molar-refractivity contribution is -0.141. The van der Waals surface area contributed by atoms with E-state index in [-0.39, 0.29) is 5.52 Å². The van der Waals surface area contributed by atoms with Crippen LogP contribution >= 0.6 is 8.58 Å². The molecule has 0 bridgehead atoms. The van der Waals surface area contributed by atoms with Crippen LogP contribution in [0.25, 0.3) is 0 Å². The third-order valence-electron chi connectivity index (χ3n) is 4.66. The number of aliphatic carboxylic acids is 1. The van der Waals surface area contributed by atoms with Crippen molar-refractivity contribution < 1.29 is 19.8 Å². The van der Waals surface area contributed by atoms with Crippen LogP contribution in [0.2, 0.25) is 0 Å². The molecule has 0 aromatic heterocycles. The quantitative estimate of drug-likeness (QED) is 0.161. The second kappa shape index (κ2) is 17.3. The van der Waals surface area contributed by atoms with Gasteiger partial charge in [-0.05, 0) is 40.7 Å². The van der Waals surface area contributed by atoms with Crippen molar-refractivity contribution in [2.45, 2.75) is 102 Å². The largest absolute Gasteiger partial charge is 0.480 e. The summed E-state index contributed by atoms with van der Waals surface area (Å²) in [6, 6.07) is 0. The highest BCUT2D eigenvalue weighted by atomic mass is 31.1. The van der Waals surface area contributed by atoms with Crippen molar-refractivity contribution in [1.82, 2.24) is 0 Å². The summed E-state index contributed by atoms with van der Waals surface area (Å²) in [4.78, 5) is 22.8. The average Bonchev–Trinajstić information content (AvgIpc) is 2.64. The lowest BCUT2D eigenvalue weighted by Gasteiger charge is -2.20. The standard InChI is InChI=1S/C21H40NO4P/c1-2-3-4-5-6-7-8-9-10-11-12-13-14-15-16-17-19(24)27-21(22,18-23)20(25)26/h9-10,23,27H,2-8,11-18,22H2,1H3,(H,25,26)/b10-9-. The summed E-state index contributed by atoms with van der Waals surface area (Å²) in [5.41, 5.74) is 5.37. The van der Waals surface area contributed by atoms with Gasteiger partial charge in [-0.2, -0.15) is 0 Å². The molecule has 0 spiro atoms. The number of nitrogens with two attached hydrogens (primary N) is 1. The number of carbonyl (C=O) groups excluding carboxylic acids is 1. The number of aliphatic hydroxyl groups is 1. The maximum Gasteiger partial charge on any atom is 0.330 e. The number of aliphatic hydroxyl groups excluding tert-OH is 1.